The number of nitrogens with zero attached hydrogens (tertiary/aromatic N) is 2. The number of ether oxygens (including phenoxy) is 1. The Morgan fingerprint density at radius 1 is 1.38 bits per heavy atom. The molecular weight excluding hydrogens is 202 g/mol. The van der Waals surface area contributed by atoms with Crippen LogP contribution < -0.4 is 10.1 Å². The Morgan fingerprint density at radius 3 is 3.12 bits per heavy atom. The van der Waals surface area contributed by atoms with Gasteiger partial charge in [0.25, 0.3) is 0 Å². The SMILES string of the molecule is Cn1cc(-c2ccc3c(c2)NCCO3)cn1. The summed E-state index contributed by atoms with van der Waals surface area (Å²) in [5.41, 5.74) is 3.34. The predicted molar refractivity (Wildman–Crippen MR) is 62.6 cm³/mol. The lowest BCUT2D eigenvalue weighted by molar-refractivity contribution is 0.323. The van der Waals surface area contributed by atoms with Crippen LogP contribution in [0.2, 0.25) is 0 Å². The highest BCUT2D eigenvalue weighted by molar-refractivity contribution is 5.71. The van der Waals surface area contributed by atoms with E-state index in [1.807, 2.05) is 25.5 Å². The van der Waals surface area contributed by atoms with Crippen molar-refractivity contribution >= 4 is 5.69 Å². The fourth-order valence-electron chi connectivity index (χ4n) is 1.89. The smallest absolute Gasteiger partial charge is 0.142 e. The average Bonchev–Trinajstić information content (AvgIpc) is 2.75. The Morgan fingerprint density at radius 2 is 2.31 bits per heavy atom. The normalized spacial score (nSPS) is 13.8. The van der Waals surface area contributed by atoms with Crippen molar-refractivity contribution in [3.63, 3.8) is 0 Å². The van der Waals surface area contributed by atoms with Gasteiger partial charge in [-0.3, -0.25) is 4.68 Å². The number of aromatic nitrogens is 2. The predicted octanol–water partition coefficient (Wildman–Crippen LogP) is 1.89. The largest absolute Gasteiger partial charge is 0.490 e. The quantitative estimate of drug-likeness (QED) is 0.789. The van der Waals surface area contributed by atoms with Crippen LogP contribution in [-0.2, 0) is 7.05 Å². The van der Waals surface area contributed by atoms with E-state index in [0.29, 0.717) is 0 Å². The van der Waals surface area contributed by atoms with Crippen molar-refractivity contribution < 1.29 is 4.74 Å². The van der Waals surface area contributed by atoms with Gasteiger partial charge in [-0.25, -0.2) is 0 Å². The van der Waals surface area contributed by atoms with Gasteiger partial charge in [0.15, 0.2) is 0 Å². The molecule has 3 rings (SSSR count). The highest BCUT2D eigenvalue weighted by Crippen LogP contribution is 2.31. The summed E-state index contributed by atoms with van der Waals surface area (Å²) in [4.78, 5) is 0. The molecule has 0 unspecified atom stereocenters. The van der Waals surface area contributed by atoms with Crippen LogP contribution in [0.3, 0.4) is 0 Å². The van der Waals surface area contributed by atoms with Gasteiger partial charge in [-0.05, 0) is 17.7 Å². The molecule has 1 aliphatic heterocycles. The lowest BCUT2D eigenvalue weighted by Crippen LogP contribution is -2.17. The van der Waals surface area contributed by atoms with Crippen LogP contribution in [0.4, 0.5) is 5.69 Å². The van der Waals surface area contributed by atoms with E-state index >= 15 is 0 Å². The first-order chi connectivity index (χ1) is 7.83. The van der Waals surface area contributed by atoms with Gasteiger partial charge in [-0.15, -0.1) is 0 Å². The van der Waals surface area contributed by atoms with Crippen molar-refractivity contribution in [1.29, 1.82) is 0 Å². The van der Waals surface area contributed by atoms with Crippen LogP contribution in [0.5, 0.6) is 5.75 Å². The van der Waals surface area contributed by atoms with Gasteiger partial charge < -0.3 is 10.1 Å². The standard InChI is InChI=1S/C12H13N3O/c1-15-8-10(7-14-15)9-2-3-12-11(6-9)13-4-5-16-12/h2-3,6-8,13H,4-5H2,1H3. The summed E-state index contributed by atoms with van der Waals surface area (Å²) in [6.45, 7) is 1.60. The van der Waals surface area contributed by atoms with Gasteiger partial charge in [0.05, 0.1) is 11.9 Å². The zero-order valence-electron chi connectivity index (χ0n) is 9.10. The van der Waals surface area contributed by atoms with Gasteiger partial charge in [-0.2, -0.15) is 5.10 Å². The van der Waals surface area contributed by atoms with Gasteiger partial charge in [0, 0.05) is 25.4 Å². The molecule has 0 fully saturated rings. The summed E-state index contributed by atoms with van der Waals surface area (Å²) in [5.74, 6) is 0.930. The Balaban J connectivity index is 2.02. The molecule has 0 amide bonds. The summed E-state index contributed by atoms with van der Waals surface area (Å²) in [6, 6.07) is 6.16. The molecule has 4 nitrogen and oxygen atoms in total. The van der Waals surface area contributed by atoms with E-state index in [1.54, 1.807) is 4.68 Å². The summed E-state index contributed by atoms with van der Waals surface area (Å²) in [5, 5.41) is 7.50. The van der Waals surface area contributed by atoms with Gasteiger partial charge in [-0.1, -0.05) is 6.07 Å². The third kappa shape index (κ3) is 1.52. The maximum absolute atomic E-state index is 5.54. The van der Waals surface area contributed by atoms with E-state index in [9.17, 15) is 0 Å². The molecule has 1 aliphatic rings. The van der Waals surface area contributed by atoms with E-state index in [-0.39, 0.29) is 0 Å². The fraction of sp³-hybridized carbons (Fsp3) is 0.250. The minimum Gasteiger partial charge on any atom is -0.490 e. The van der Waals surface area contributed by atoms with E-state index < -0.39 is 0 Å². The van der Waals surface area contributed by atoms with Crippen molar-refractivity contribution in [3.05, 3.63) is 30.6 Å². The van der Waals surface area contributed by atoms with Crippen LogP contribution in [0.25, 0.3) is 11.1 Å². The second kappa shape index (κ2) is 3.56. The maximum atomic E-state index is 5.54. The molecule has 2 heterocycles. The first-order valence-electron chi connectivity index (χ1n) is 5.33. The van der Waals surface area contributed by atoms with Crippen molar-refractivity contribution in [3.8, 4) is 16.9 Å². The number of benzene rings is 1. The number of nitrogens with one attached hydrogen (secondary N) is 1. The number of aryl methyl sites for hydroxylation is 1. The molecule has 16 heavy (non-hydrogen) atoms. The minimum absolute atomic E-state index is 0.735. The van der Waals surface area contributed by atoms with Crippen LogP contribution in [0.1, 0.15) is 0 Å². The number of hydrogen-bond donors (Lipinski definition) is 1. The van der Waals surface area contributed by atoms with Crippen LogP contribution >= 0.6 is 0 Å². The van der Waals surface area contributed by atoms with Crippen molar-refractivity contribution in [2.24, 2.45) is 7.05 Å². The third-order valence-electron chi connectivity index (χ3n) is 2.69. The lowest BCUT2D eigenvalue weighted by Gasteiger charge is -2.19. The Bertz CT molecular complexity index is 519. The van der Waals surface area contributed by atoms with E-state index in [1.165, 1.54) is 0 Å². The van der Waals surface area contributed by atoms with E-state index in [0.717, 1.165) is 35.7 Å². The number of anilines is 1. The van der Waals surface area contributed by atoms with Crippen molar-refractivity contribution in [1.82, 2.24) is 9.78 Å². The van der Waals surface area contributed by atoms with Crippen LogP contribution in [0.15, 0.2) is 30.6 Å². The number of rotatable bonds is 1. The zero-order chi connectivity index (χ0) is 11.0. The Labute approximate surface area is 93.8 Å². The topological polar surface area (TPSA) is 39.1 Å². The third-order valence-corrected chi connectivity index (χ3v) is 2.69. The van der Waals surface area contributed by atoms with Crippen molar-refractivity contribution in [2.75, 3.05) is 18.5 Å². The molecule has 2 aromatic rings. The molecule has 1 aromatic heterocycles. The highest BCUT2D eigenvalue weighted by Gasteiger charge is 2.10. The lowest BCUT2D eigenvalue weighted by atomic mass is 10.1. The second-order valence-corrected chi connectivity index (χ2v) is 3.89. The summed E-state index contributed by atoms with van der Waals surface area (Å²) in [6.07, 6.45) is 3.87. The monoisotopic (exact) mass is 215 g/mol. The minimum atomic E-state index is 0.735. The molecule has 0 radical (unpaired) electrons. The molecule has 0 atom stereocenters. The molecule has 4 heteroatoms. The first kappa shape index (κ1) is 9.27. The van der Waals surface area contributed by atoms with Crippen molar-refractivity contribution in [2.45, 2.75) is 0 Å². The Kier molecular flexibility index (Phi) is 2.06. The second-order valence-electron chi connectivity index (χ2n) is 3.89. The van der Waals surface area contributed by atoms with E-state index in [4.69, 9.17) is 4.74 Å². The molecule has 0 saturated carbocycles. The molecule has 0 bridgehead atoms. The van der Waals surface area contributed by atoms with Crippen LogP contribution in [-0.4, -0.2) is 22.9 Å². The highest BCUT2D eigenvalue weighted by atomic mass is 16.5. The zero-order valence-corrected chi connectivity index (χ0v) is 9.10. The summed E-state index contributed by atoms with van der Waals surface area (Å²) < 4.78 is 7.34. The molecular formula is C12H13N3O. The van der Waals surface area contributed by atoms with Gasteiger partial charge in [0.2, 0.25) is 0 Å². The fourth-order valence-corrected chi connectivity index (χ4v) is 1.89. The van der Waals surface area contributed by atoms with Gasteiger partial charge >= 0.3 is 0 Å². The molecule has 1 aromatic carbocycles. The molecule has 0 saturated heterocycles. The number of hydrogen-bond acceptors (Lipinski definition) is 3. The summed E-state index contributed by atoms with van der Waals surface area (Å²) >= 11 is 0. The molecule has 82 valence electrons. The first-order valence-corrected chi connectivity index (χ1v) is 5.33. The average molecular weight is 215 g/mol. The molecule has 1 N–H and O–H groups in total. The van der Waals surface area contributed by atoms with E-state index in [2.05, 4.69) is 22.5 Å². The summed E-state index contributed by atoms with van der Waals surface area (Å²) in [7, 11) is 1.92. The Hall–Kier alpha value is -1.97. The molecule has 0 spiro atoms. The number of fused-ring (bicyclic) bond motifs is 1. The van der Waals surface area contributed by atoms with Gasteiger partial charge in [0.1, 0.15) is 12.4 Å². The van der Waals surface area contributed by atoms with Crippen LogP contribution in [0, 0.1) is 0 Å². The maximum Gasteiger partial charge on any atom is 0.142 e. The molecule has 0 aliphatic carbocycles.